The summed E-state index contributed by atoms with van der Waals surface area (Å²) in [6.45, 7) is 7.90. The normalized spacial score (nSPS) is 27.3. The largest absolute Gasteiger partial charge is 0.312 e. The van der Waals surface area contributed by atoms with Crippen LogP contribution in [0.3, 0.4) is 0 Å². The molecule has 0 bridgehead atoms. The third-order valence-electron chi connectivity index (χ3n) is 4.23. The Labute approximate surface area is 111 Å². The predicted molar refractivity (Wildman–Crippen MR) is 77.0 cm³/mol. The van der Waals surface area contributed by atoms with Crippen molar-refractivity contribution in [1.29, 1.82) is 0 Å². The Morgan fingerprint density at radius 2 is 1.67 bits per heavy atom. The summed E-state index contributed by atoms with van der Waals surface area (Å²) in [7, 11) is 0. The number of rotatable bonds is 4. The Balaban J connectivity index is 1.54. The minimum atomic E-state index is 0.253. The Morgan fingerprint density at radius 1 is 1.06 bits per heavy atom. The van der Waals surface area contributed by atoms with Gasteiger partial charge in [-0.25, -0.2) is 0 Å². The van der Waals surface area contributed by atoms with E-state index in [4.69, 9.17) is 0 Å². The van der Waals surface area contributed by atoms with Crippen molar-refractivity contribution in [2.24, 2.45) is 5.92 Å². The molecule has 2 unspecified atom stereocenters. The lowest BCUT2D eigenvalue weighted by Crippen LogP contribution is -2.37. The third kappa shape index (κ3) is 2.95. The molecule has 1 heteroatoms. The highest BCUT2D eigenvalue weighted by Gasteiger charge is 2.38. The van der Waals surface area contributed by atoms with E-state index < -0.39 is 0 Å². The van der Waals surface area contributed by atoms with Gasteiger partial charge in [-0.05, 0) is 75.5 Å². The first kappa shape index (κ1) is 12.2. The second-order valence-electron chi connectivity index (χ2n) is 7.17. The molecule has 0 aliphatic heterocycles. The van der Waals surface area contributed by atoms with Gasteiger partial charge < -0.3 is 5.32 Å². The highest BCUT2D eigenvalue weighted by Crippen LogP contribution is 2.48. The maximum absolute atomic E-state index is 3.62. The average Bonchev–Trinajstić information content (AvgIpc) is 3.19. The molecule has 0 radical (unpaired) electrons. The zero-order valence-electron chi connectivity index (χ0n) is 11.9. The topological polar surface area (TPSA) is 12.0 Å². The molecule has 18 heavy (non-hydrogen) atoms. The third-order valence-corrected chi connectivity index (χ3v) is 4.23. The van der Waals surface area contributed by atoms with Gasteiger partial charge >= 0.3 is 0 Å². The van der Waals surface area contributed by atoms with Gasteiger partial charge in [-0.3, -0.25) is 0 Å². The van der Waals surface area contributed by atoms with Gasteiger partial charge in [-0.2, -0.15) is 0 Å². The Bertz CT molecular complexity index is 408. The van der Waals surface area contributed by atoms with Crippen LogP contribution in [0.2, 0.25) is 0 Å². The van der Waals surface area contributed by atoms with E-state index in [0.29, 0.717) is 0 Å². The first-order valence-electron chi connectivity index (χ1n) is 7.38. The Kier molecular flexibility index (Phi) is 2.97. The summed E-state index contributed by atoms with van der Waals surface area (Å²) in [5.41, 5.74) is 3.37. The fraction of sp³-hybridized carbons (Fsp3) is 0.647. The summed E-state index contributed by atoms with van der Waals surface area (Å²) >= 11 is 0. The number of hydrogen-bond donors (Lipinski definition) is 1. The summed E-state index contributed by atoms with van der Waals surface area (Å²) in [5, 5.41) is 3.62. The fourth-order valence-corrected chi connectivity index (χ4v) is 2.75. The fourth-order valence-electron chi connectivity index (χ4n) is 2.75. The van der Waals surface area contributed by atoms with Crippen LogP contribution >= 0.6 is 0 Å². The van der Waals surface area contributed by atoms with Crippen LogP contribution in [0.1, 0.15) is 63.0 Å². The summed E-state index contributed by atoms with van der Waals surface area (Å²) in [6, 6.07) is 9.46. The zero-order chi connectivity index (χ0) is 12.8. The van der Waals surface area contributed by atoms with Crippen LogP contribution in [-0.4, -0.2) is 12.1 Å². The molecule has 2 atom stereocenters. The van der Waals surface area contributed by atoms with Crippen molar-refractivity contribution in [3.05, 3.63) is 35.4 Å². The minimum absolute atomic E-state index is 0.253. The lowest BCUT2D eigenvalue weighted by Gasteiger charge is -2.20. The number of hydrogen-bond acceptors (Lipinski definition) is 1. The zero-order valence-corrected chi connectivity index (χ0v) is 11.9. The van der Waals surface area contributed by atoms with Crippen LogP contribution in [0.25, 0.3) is 0 Å². The molecule has 2 fully saturated rings. The standard InChI is InChI=1S/C17H25N/c1-17(2,3)18-11-15-10-16(15)14-8-6-13(7-9-14)12-4-5-12/h6-9,12,15-16,18H,4-5,10-11H2,1-3H3. The molecule has 2 aliphatic carbocycles. The molecule has 0 aromatic heterocycles. The first-order valence-corrected chi connectivity index (χ1v) is 7.38. The SMILES string of the molecule is CC(C)(C)NCC1CC1c1ccc(C2CC2)cc1. The maximum atomic E-state index is 3.62. The summed E-state index contributed by atoms with van der Waals surface area (Å²) in [6.07, 6.45) is 4.17. The number of nitrogens with one attached hydrogen (secondary N) is 1. The molecule has 98 valence electrons. The molecule has 0 spiro atoms. The molecule has 1 nitrogen and oxygen atoms in total. The average molecular weight is 243 g/mol. The maximum Gasteiger partial charge on any atom is 0.00966 e. The Morgan fingerprint density at radius 3 is 2.22 bits per heavy atom. The van der Waals surface area contributed by atoms with Gasteiger partial charge in [0.2, 0.25) is 0 Å². The van der Waals surface area contributed by atoms with E-state index in [0.717, 1.165) is 17.8 Å². The van der Waals surface area contributed by atoms with Crippen LogP contribution < -0.4 is 5.32 Å². The molecule has 0 heterocycles. The van der Waals surface area contributed by atoms with E-state index in [1.807, 2.05) is 0 Å². The Hall–Kier alpha value is -0.820. The van der Waals surface area contributed by atoms with Crippen molar-refractivity contribution >= 4 is 0 Å². The van der Waals surface area contributed by atoms with Crippen LogP contribution in [0.5, 0.6) is 0 Å². The van der Waals surface area contributed by atoms with Crippen molar-refractivity contribution in [2.75, 3.05) is 6.54 Å². The van der Waals surface area contributed by atoms with Gasteiger partial charge in [-0.1, -0.05) is 24.3 Å². The summed E-state index contributed by atoms with van der Waals surface area (Å²) < 4.78 is 0. The van der Waals surface area contributed by atoms with E-state index in [9.17, 15) is 0 Å². The highest BCUT2D eigenvalue weighted by molar-refractivity contribution is 5.32. The van der Waals surface area contributed by atoms with Gasteiger partial charge in [0.05, 0.1) is 0 Å². The van der Waals surface area contributed by atoms with E-state index in [1.165, 1.54) is 25.8 Å². The van der Waals surface area contributed by atoms with Crippen molar-refractivity contribution < 1.29 is 0 Å². The van der Waals surface area contributed by atoms with Gasteiger partial charge in [0.15, 0.2) is 0 Å². The predicted octanol–water partition coefficient (Wildman–Crippen LogP) is 4.06. The van der Waals surface area contributed by atoms with E-state index in [2.05, 4.69) is 50.4 Å². The van der Waals surface area contributed by atoms with Gasteiger partial charge in [0, 0.05) is 5.54 Å². The quantitative estimate of drug-likeness (QED) is 0.841. The van der Waals surface area contributed by atoms with Crippen molar-refractivity contribution in [2.45, 2.75) is 57.4 Å². The highest BCUT2D eigenvalue weighted by atomic mass is 15.0. The van der Waals surface area contributed by atoms with Crippen LogP contribution in [0.4, 0.5) is 0 Å². The summed E-state index contributed by atoms with van der Waals surface area (Å²) in [4.78, 5) is 0. The smallest absolute Gasteiger partial charge is 0.00966 e. The van der Waals surface area contributed by atoms with Crippen molar-refractivity contribution in [1.82, 2.24) is 5.32 Å². The molecule has 2 saturated carbocycles. The molecule has 2 aliphatic rings. The molecule has 0 amide bonds. The van der Waals surface area contributed by atoms with Gasteiger partial charge in [0.1, 0.15) is 0 Å². The molecular weight excluding hydrogens is 218 g/mol. The van der Waals surface area contributed by atoms with Crippen LogP contribution in [-0.2, 0) is 0 Å². The van der Waals surface area contributed by atoms with Crippen molar-refractivity contribution in [3.63, 3.8) is 0 Å². The van der Waals surface area contributed by atoms with Gasteiger partial charge in [-0.15, -0.1) is 0 Å². The van der Waals surface area contributed by atoms with Crippen LogP contribution in [0, 0.1) is 5.92 Å². The molecule has 3 rings (SSSR count). The van der Waals surface area contributed by atoms with Crippen molar-refractivity contribution in [3.8, 4) is 0 Å². The van der Waals surface area contributed by atoms with Crippen LogP contribution in [0.15, 0.2) is 24.3 Å². The monoisotopic (exact) mass is 243 g/mol. The second-order valence-corrected chi connectivity index (χ2v) is 7.17. The molecular formula is C17H25N. The number of benzene rings is 1. The van der Waals surface area contributed by atoms with E-state index in [-0.39, 0.29) is 5.54 Å². The molecule has 1 aromatic rings. The van der Waals surface area contributed by atoms with E-state index >= 15 is 0 Å². The van der Waals surface area contributed by atoms with E-state index in [1.54, 1.807) is 11.1 Å². The first-order chi connectivity index (χ1) is 8.53. The molecule has 1 aromatic carbocycles. The second kappa shape index (κ2) is 4.38. The summed E-state index contributed by atoms with van der Waals surface area (Å²) in [5.74, 6) is 2.56. The lowest BCUT2D eigenvalue weighted by molar-refractivity contribution is 0.414. The minimum Gasteiger partial charge on any atom is -0.312 e. The molecule has 0 saturated heterocycles. The van der Waals surface area contributed by atoms with Gasteiger partial charge in [0.25, 0.3) is 0 Å². The lowest BCUT2D eigenvalue weighted by atomic mass is 10.0. The molecule has 1 N–H and O–H groups in total.